The summed E-state index contributed by atoms with van der Waals surface area (Å²) in [5.74, 6) is -1.05. The maximum Gasteiger partial charge on any atom is 0.294 e. The predicted molar refractivity (Wildman–Crippen MR) is 125 cm³/mol. The first-order valence-electron chi connectivity index (χ1n) is 10.5. The summed E-state index contributed by atoms with van der Waals surface area (Å²) < 4.78 is 11.0. The van der Waals surface area contributed by atoms with Crippen LogP contribution >= 0.6 is 0 Å². The van der Waals surface area contributed by atoms with Gasteiger partial charge in [0.15, 0.2) is 11.5 Å². The van der Waals surface area contributed by atoms with Crippen molar-refractivity contribution in [1.29, 1.82) is 0 Å². The Morgan fingerprint density at radius 3 is 2.45 bits per heavy atom. The summed E-state index contributed by atoms with van der Waals surface area (Å²) in [6.45, 7) is 1.92. The van der Waals surface area contributed by atoms with Gasteiger partial charge in [-0.15, -0.1) is 0 Å². The smallest absolute Gasteiger partial charge is 0.294 e. The van der Waals surface area contributed by atoms with E-state index in [-0.39, 0.29) is 11.3 Å². The van der Waals surface area contributed by atoms with Crippen molar-refractivity contribution in [2.24, 2.45) is 0 Å². The number of nitrogens with zero attached hydrogens (tertiary/aromatic N) is 1. The van der Waals surface area contributed by atoms with Crippen molar-refractivity contribution in [2.45, 2.75) is 13.0 Å². The van der Waals surface area contributed by atoms with E-state index in [1.165, 1.54) is 4.90 Å². The van der Waals surface area contributed by atoms with Crippen LogP contribution in [0.15, 0.2) is 94.6 Å². The number of benzene rings is 3. The van der Waals surface area contributed by atoms with Gasteiger partial charge in [-0.3, -0.25) is 14.5 Å². The van der Waals surface area contributed by atoms with E-state index in [0.29, 0.717) is 22.6 Å². The van der Waals surface area contributed by atoms with Crippen LogP contribution in [-0.2, 0) is 4.79 Å². The fourth-order valence-corrected chi connectivity index (χ4v) is 4.21. The van der Waals surface area contributed by atoms with Gasteiger partial charge >= 0.3 is 0 Å². The van der Waals surface area contributed by atoms with E-state index in [4.69, 9.17) is 9.15 Å². The number of carbonyl (C=O) groups excluding carboxylic acids is 2. The lowest BCUT2D eigenvalue weighted by Gasteiger charge is -2.27. The number of furan rings is 1. The molecule has 1 amide bonds. The molecule has 33 heavy (non-hydrogen) atoms. The number of methoxy groups -OCH3 is 1. The Kier molecular flexibility index (Phi) is 4.98. The number of rotatable bonds is 5. The number of para-hydroxylation sites is 1. The molecule has 0 aliphatic carbocycles. The normalized spacial score (nSPS) is 16.0. The van der Waals surface area contributed by atoms with E-state index in [1.54, 1.807) is 49.6 Å². The molecular formula is C27H21NO5. The highest BCUT2D eigenvalue weighted by molar-refractivity contribution is 6.20. The average molecular weight is 439 g/mol. The Balaban J connectivity index is 1.66. The summed E-state index contributed by atoms with van der Waals surface area (Å²) in [6.07, 6.45) is 0. The van der Waals surface area contributed by atoms with Crippen LogP contribution in [0.4, 0.5) is 5.69 Å². The molecule has 1 aliphatic rings. The van der Waals surface area contributed by atoms with E-state index >= 15 is 0 Å². The van der Waals surface area contributed by atoms with Gasteiger partial charge in [-0.2, -0.15) is 0 Å². The van der Waals surface area contributed by atoms with Crippen molar-refractivity contribution in [3.8, 4) is 5.75 Å². The third-order valence-electron chi connectivity index (χ3n) is 5.81. The van der Waals surface area contributed by atoms with Crippen LogP contribution in [0.25, 0.3) is 11.0 Å². The highest BCUT2D eigenvalue weighted by atomic mass is 16.5. The zero-order valence-corrected chi connectivity index (χ0v) is 18.1. The van der Waals surface area contributed by atoms with Gasteiger partial charge in [-0.1, -0.05) is 42.5 Å². The SMILES string of the molecule is COc1ccc(C2C(C(=O)c3cc4ccccc4o3)=C(O)C(=O)N2c2cccc(C)c2)cc1. The third kappa shape index (κ3) is 3.46. The van der Waals surface area contributed by atoms with Gasteiger partial charge in [-0.05, 0) is 54.4 Å². The molecule has 1 N–H and O–H groups in total. The van der Waals surface area contributed by atoms with Crippen LogP contribution in [0.1, 0.15) is 27.7 Å². The predicted octanol–water partition coefficient (Wildman–Crippen LogP) is 5.53. The largest absolute Gasteiger partial charge is 0.503 e. The Hall–Kier alpha value is -4.32. The summed E-state index contributed by atoms with van der Waals surface area (Å²) in [4.78, 5) is 28.3. The lowest BCUT2D eigenvalue weighted by atomic mass is 9.94. The summed E-state index contributed by atoms with van der Waals surface area (Å²) in [5.41, 5.74) is 2.73. The Bertz CT molecular complexity index is 1380. The molecule has 164 valence electrons. The highest BCUT2D eigenvalue weighted by Crippen LogP contribution is 2.42. The van der Waals surface area contributed by atoms with Crippen molar-refractivity contribution in [3.63, 3.8) is 0 Å². The van der Waals surface area contributed by atoms with Gasteiger partial charge in [-0.25, -0.2) is 0 Å². The molecule has 0 spiro atoms. The number of aryl methyl sites for hydroxylation is 1. The Morgan fingerprint density at radius 2 is 1.76 bits per heavy atom. The monoisotopic (exact) mass is 439 g/mol. The lowest BCUT2D eigenvalue weighted by Crippen LogP contribution is -2.31. The quantitative estimate of drug-likeness (QED) is 0.414. The first kappa shape index (κ1) is 20.6. The minimum absolute atomic E-state index is 0.0225. The number of amides is 1. The maximum absolute atomic E-state index is 13.6. The van der Waals surface area contributed by atoms with E-state index in [0.717, 1.165) is 10.9 Å². The number of carbonyl (C=O) groups is 2. The number of aliphatic hydroxyl groups excluding tert-OH is 1. The number of ether oxygens (including phenoxy) is 1. The van der Waals surface area contributed by atoms with Gasteiger partial charge < -0.3 is 14.3 Å². The van der Waals surface area contributed by atoms with Crippen molar-refractivity contribution in [3.05, 3.63) is 107 Å². The van der Waals surface area contributed by atoms with Gasteiger partial charge in [0.1, 0.15) is 11.3 Å². The third-order valence-corrected chi connectivity index (χ3v) is 5.81. The summed E-state index contributed by atoms with van der Waals surface area (Å²) in [5, 5.41) is 11.7. The van der Waals surface area contributed by atoms with Crippen LogP contribution in [0.5, 0.6) is 5.75 Å². The topological polar surface area (TPSA) is 80.0 Å². The molecule has 0 saturated heterocycles. The van der Waals surface area contributed by atoms with Crippen molar-refractivity contribution >= 4 is 28.3 Å². The molecule has 1 aliphatic heterocycles. The molecule has 5 rings (SSSR count). The summed E-state index contributed by atoms with van der Waals surface area (Å²) >= 11 is 0. The number of aliphatic hydroxyl groups is 1. The molecule has 0 saturated carbocycles. The van der Waals surface area contributed by atoms with Gasteiger partial charge in [0.05, 0.1) is 18.7 Å². The number of hydrogen-bond acceptors (Lipinski definition) is 5. The van der Waals surface area contributed by atoms with Gasteiger partial charge in [0.2, 0.25) is 5.78 Å². The van der Waals surface area contributed by atoms with Crippen molar-refractivity contribution in [2.75, 3.05) is 12.0 Å². The van der Waals surface area contributed by atoms with E-state index < -0.39 is 23.5 Å². The highest BCUT2D eigenvalue weighted by Gasteiger charge is 2.45. The first-order valence-corrected chi connectivity index (χ1v) is 10.5. The second-order valence-corrected chi connectivity index (χ2v) is 7.93. The Morgan fingerprint density at radius 1 is 1.00 bits per heavy atom. The summed E-state index contributed by atoms with van der Waals surface area (Å²) in [7, 11) is 1.56. The molecule has 0 fully saturated rings. The maximum atomic E-state index is 13.6. The minimum Gasteiger partial charge on any atom is -0.503 e. The van der Waals surface area contributed by atoms with Crippen LogP contribution in [0, 0.1) is 6.92 Å². The van der Waals surface area contributed by atoms with Gasteiger partial charge in [0.25, 0.3) is 5.91 Å². The lowest BCUT2D eigenvalue weighted by molar-refractivity contribution is -0.117. The fraction of sp³-hybridized carbons (Fsp3) is 0.111. The number of anilines is 1. The molecule has 2 heterocycles. The number of Topliss-reactive ketones (excluding diaryl/α,β-unsaturated/α-hetero) is 1. The molecule has 1 unspecified atom stereocenters. The molecule has 3 aromatic carbocycles. The number of fused-ring (bicyclic) bond motifs is 1. The molecule has 1 atom stereocenters. The van der Waals surface area contributed by atoms with Crippen molar-refractivity contribution < 1.29 is 23.8 Å². The van der Waals surface area contributed by atoms with Crippen molar-refractivity contribution in [1.82, 2.24) is 0 Å². The number of hydrogen-bond donors (Lipinski definition) is 1. The molecule has 6 heteroatoms. The molecule has 0 radical (unpaired) electrons. The van der Waals surface area contributed by atoms with Gasteiger partial charge in [0, 0.05) is 11.1 Å². The molecule has 6 nitrogen and oxygen atoms in total. The summed E-state index contributed by atoms with van der Waals surface area (Å²) in [6, 6.07) is 22.5. The van der Waals surface area contributed by atoms with Crippen LogP contribution < -0.4 is 9.64 Å². The molecule has 0 bridgehead atoms. The standard InChI is InChI=1S/C27H21NO5/c1-16-6-5-8-19(14-16)28-24(17-10-12-20(32-2)13-11-17)23(26(30)27(28)31)25(29)22-15-18-7-3-4-9-21(18)33-22/h3-15,24,30H,1-2H3. The fourth-order valence-electron chi connectivity index (χ4n) is 4.21. The molecule has 4 aromatic rings. The van der Waals surface area contributed by atoms with Crippen LogP contribution in [0.3, 0.4) is 0 Å². The van der Waals surface area contributed by atoms with Crippen LogP contribution in [-0.4, -0.2) is 23.9 Å². The zero-order valence-electron chi connectivity index (χ0n) is 18.1. The van der Waals surface area contributed by atoms with Crippen LogP contribution in [0.2, 0.25) is 0 Å². The molecular weight excluding hydrogens is 418 g/mol. The average Bonchev–Trinajstić information content (AvgIpc) is 3.38. The second-order valence-electron chi connectivity index (χ2n) is 7.93. The minimum atomic E-state index is -0.828. The van der Waals surface area contributed by atoms with E-state index in [9.17, 15) is 14.7 Å². The second kappa shape index (κ2) is 7.98. The van der Waals surface area contributed by atoms with E-state index in [2.05, 4.69) is 0 Å². The molecule has 1 aromatic heterocycles. The Labute approximate surface area is 190 Å². The number of ketones is 1. The zero-order chi connectivity index (χ0) is 23.1. The van der Waals surface area contributed by atoms with E-state index in [1.807, 2.05) is 43.3 Å². The first-order chi connectivity index (χ1) is 16.0.